The lowest BCUT2D eigenvalue weighted by Crippen LogP contribution is -2.22. The SMILES string of the molecule is COc1cc(F)c(Br)c(C(CN)C(=O)O)c1O. The number of nitrogens with two attached hydrogens (primary N) is 1. The molecule has 94 valence electrons. The van der Waals surface area contributed by atoms with Crippen LogP contribution in [0.3, 0.4) is 0 Å². The van der Waals surface area contributed by atoms with Crippen molar-refractivity contribution in [2.24, 2.45) is 5.73 Å². The van der Waals surface area contributed by atoms with E-state index < -0.39 is 23.5 Å². The fourth-order valence-corrected chi connectivity index (χ4v) is 2.01. The number of carboxylic acid groups (broad SMARTS) is 1. The molecule has 7 heteroatoms. The Morgan fingerprint density at radius 2 is 2.29 bits per heavy atom. The van der Waals surface area contributed by atoms with Crippen molar-refractivity contribution in [2.45, 2.75) is 5.92 Å². The average molecular weight is 308 g/mol. The third-order valence-electron chi connectivity index (χ3n) is 2.29. The molecule has 0 heterocycles. The molecular weight excluding hydrogens is 297 g/mol. The molecule has 1 atom stereocenters. The van der Waals surface area contributed by atoms with E-state index in [-0.39, 0.29) is 22.3 Å². The molecule has 0 aliphatic carbocycles. The first-order chi connectivity index (χ1) is 7.93. The van der Waals surface area contributed by atoms with Gasteiger partial charge in [-0.25, -0.2) is 4.39 Å². The van der Waals surface area contributed by atoms with E-state index >= 15 is 0 Å². The van der Waals surface area contributed by atoms with Gasteiger partial charge in [-0.05, 0) is 15.9 Å². The predicted molar refractivity (Wildman–Crippen MR) is 61.7 cm³/mol. The number of rotatable bonds is 4. The molecule has 0 fully saturated rings. The maximum atomic E-state index is 13.5. The molecule has 0 aromatic heterocycles. The van der Waals surface area contributed by atoms with Crippen molar-refractivity contribution in [3.63, 3.8) is 0 Å². The molecule has 0 saturated carbocycles. The van der Waals surface area contributed by atoms with Crippen LogP contribution in [0.1, 0.15) is 11.5 Å². The zero-order valence-corrected chi connectivity index (χ0v) is 10.5. The minimum atomic E-state index is -1.25. The van der Waals surface area contributed by atoms with Crippen LogP contribution in [0.2, 0.25) is 0 Å². The molecule has 0 aliphatic rings. The zero-order valence-electron chi connectivity index (χ0n) is 8.91. The van der Waals surface area contributed by atoms with Gasteiger partial charge < -0.3 is 20.7 Å². The highest BCUT2D eigenvalue weighted by molar-refractivity contribution is 9.10. The summed E-state index contributed by atoms with van der Waals surface area (Å²) in [5, 5.41) is 18.8. The van der Waals surface area contributed by atoms with E-state index in [1.807, 2.05) is 0 Å². The molecule has 1 rings (SSSR count). The summed E-state index contributed by atoms with van der Waals surface area (Å²) in [5.74, 6) is -3.77. The molecule has 4 N–H and O–H groups in total. The maximum absolute atomic E-state index is 13.5. The fourth-order valence-electron chi connectivity index (χ4n) is 1.43. The average Bonchev–Trinajstić information content (AvgIpc) is 2.28. The topological polar surface area (TPSA) is 92.8 Å². The number of carboxylic acids is 1. The number of halogens is 2. The molecule has 0 saturated heterocycles. The van der Waals surface area contributed by atoms with E-state index in [0.717, 1.165) is 6.07 Å². The Bertz CT molecular complexity index is 452. The summed E-state index contributed by atoms with van der Waals surface area (Å²) in [4.78, 5) is 11.0. The van der Waals surface area contributed by atoms with Gasteiger partial charge in [-0.15, -0.1) is 0 Å². The molecular formula is C10H11BrFNO4. The number of phenols is 1. The van der Waals surface area contributed by atoms with Crippen LogP contribution >= 0.6 is 15.9 Å². The Morgan fingerprint density at radius 3 is 2.71 bits per heavy atom. The first-order valence-corrected chi connectivity index (χ1v) is 5.41. The minimum absolute atomic E-state index is 0.128. The first kappa shape index (κ1) is 13.7. The van der Waals surface area contributed by atoms with Crippen LogP contribution in [0, 0.1) is 5.82 Å². The molecule has 1 unspecified atom stereocenters. The highest BCUT2D eigenvalue weighted by Crippen LogP contribution is 2.41. The highest BCUT2D eigenvalue weighted by Gasteiger charge is 2.28. The van der Waals surface area contributed by atoms with Crippen molar-refractivity contribution in [1.29, 1.82) is 0 Å². The molecule has 0 amide bonds. The molecule has 0 aliphatic heterocycles. The van der Waals surface area contributed by atoms with Gasteiger partial charge in [0.05, 0.1) is 17.5 Å². The van der Waals surface area contributed by atoms with Crippen molar-refractivity contribution in [3.05, 3.63) is 21.9 Å². The highest BCUT2D eigenvalue weighted by atomic mass is 79.9. The first-order valence-electron chi connectivity index (χ1n) is 4.61. The zero-order chi connectivity index (χ0) is 13.2. The summed E-state index contributed by atoms with van der Waals surface area (Å²) in [6.07, 6.45) is 0. The second-order valence-corrected chi connectivity index (χ2v) is 4.06. The lowest BCUT2D eigenvalue weighted by atomic mass is 9.97. The number of ether oxygens (including phenoxy) is 1. The van der Waals surface area contributed by atoms with Gasteiger partial charge in [-0.3, -0.25) is 4.79 Å². The second kappa shape index (κ2) is 5.33. The fraction of sp³-hybridized carbons (Fsp3) is 0.300. The predicted octanol–water partition coefficient (Wildman–Crippen LogP) is 1.43. The number of benzene rings is 1. The summed E-state index contributed by atoms with van der Waals surface area (Å²) < 4.78 is 18.1. The van der Waals surface area contributed by atoms with Crippen LogP contribution in [-0.2, 0) is 4.79 Å². The molecule has 1 aromatic rings. The van der Waals surface area contributed by atoms with Crippen LogP contribution < -0.4 is 10.5 Å². The van der Waals surface area contributed by atoms with Crippen LogP contribution in [-0.4, -0.2) is 29.8 Å². The number of aliphatic carboxylic acids is 1. The molecule has 0 radical (unpaired) electrons. The van der Waals surface area contributed by atoms with Crippen molar-refractivity contribution in [2.75, 3.05) is 13.7 Å². The van der Waals surface area contributed by atoms with E-state index in [2.05, 4.69) is 15.9 Å². The normalized spacial score (nSPS) is 12.2. The summed E-state index contributed by atoms with van der Waals surface area (Å²) in [7, 11) is 1.24. The van der Waals surface area contributed by atoms with Gasteiger partial charge in [-0.2, -0.15) is 0 Å². The number of hydrogen-bond acceptors (Lipinski definition) is 4. The van der Waals surface area contributed by atoms with E-state index in [1.165, 1.54) is 7.11 Å². The lowest BCUT2D eigenvalue weighted by molar-refractivity contribution is -0.138. The third kappa shape index (κ3) is 2.50. The Morgan fingerprint density at radius 1 is 1.71 bits per heavy atom. The van der Waals surface area contributed by atoms with Gasteiger partial charge in [0.15, 0.2) is 11.5 Å². The van der Waals surface area contributed by atoms with Crippen LogP contribution in [0.15, 0.2) is 10.5 Å². The largest absolute Gasteiger partial charge is 0.504 e. The summed E-state index contributed by atoms with van der Waals surface area (Å²) >= 11 is 2.89. The molecule has 0 spiro atoms. The Hall–Kier alpha value is -1.34. The van der Waals surface area contributed by atoms with Crippen molar-refractivity contribution < 1.29 is 24.1 Å². The number of phenolic OH excluding ortho intramolecular Hbond substituents is 1. The van der Waals surface area contributed by atoms with Crippen LogP contribution in [0.4, 0.5) is 4.39 Å². The molecule has 0 bridgehead atoms. The van der Waals surface area contributed by atoms with E-state index in [4.69, 9.17) is 15.6 Å². The van der Waals surface area contributed by atoms with Gasteiger partial charge in [0, 0.05) is 18.2 Å². The maximum Gasteiger partial charge on any atom is 0.312 e. The van der Waals surface area contributed by atoms with E-state index in [0.29, 0.717) is 0 Å². The van der Waals surface area contributed by atoms with E-state index in [1.54, 1.807) is 0 Å². The van der Waals surface area contributed by atoms with Gasteiger partial charge >= 0.3 is 5.97 Å². The Balaban J connectivity index is 3.49. The van der Waals surface area contributed by atoms with Crippen LogP contribution in [0.5, 0.6) is 11.5 Å². The quantitative estimate of drug-likeness (QED) is 0.782. The number of aromatic hydroxyl groups is 1. The summed E-state index contributed by atoms with van der Waals surface area (Å²) in [5.41, 5.74) is 5.18. The van der Waals surface area contributed by atoms with Crippen molar-refractivity contribution >= 4 is 21.9 Å². The van der Waals surface area contributed by atoms with Crippen LogP contribution in [0.25, 0.3) is 0 Å². The smallest absolute Gasteiger partial charge is 0.312 e. The molecule has 1 aromatic carbocycles. The molecule has 17 heavy (non-hydrogen) atoms. The lowest BCUT2D eigenvalue weighted by Gasteiger charge is -2.16. The monoisotopic (exact) mass is 307 g/mol. The summed E-state index contributed by atoms with van der Waals surface area (Å²) in [6, 6.07) is 0.957. The number of methoxy groups -OCH3 is 1. The van der Waals surface area contributed by atoms with Gasteiger partial charge in [-0.1, -0.05) is 0 Å². The molecule has 5 nitrogen and oxygen atoms in total. The van der Waals surface area contributed by atoms with Crippen molar-refractivity contribution in [3.8, 4) is 11.5 Å². The van der Waals surface area contributed by atoms with E-state index in [9.17, 15) is 14.3 Å². The minimum Gasteiger partial charge on any atom is -0.504 e. The van der Waals surface area contributed by atoms with Gasteiger partial charge in [0.25, 0.3) is 0 Å². The van der Waals surface area contributed by atoms with Crippen molar-refractivity contribution in [1.82, 2.24) is 0 Å². The van der Waals surface area contributed by atoms with Gasteiger partial charge in [0.2, 0.25) is 0 Å². The Kier molecular flexibility index (Phi) is 4.30. The number of carbonyl (C=O) groups is 1. The second-order valence-electron chi connectivity index (χ2n) is 3.26. The summed E-state index contributed by atoms with van der Waals surface area (Å²) in [6.45, 7) is -0.270. The third-order valence-corrected chi connectivity index (χ3v) is 3.10. The number of hydrogen-bond donors (Lipinski definition) is 3. The van der Waals surface area contributed by atoms with Gasteiger partial charge in [0.1, 0.15) is 5.82 Å². The Labute approximate surface area is 105 Å². The standard InChI is InChI=1S/C10H11BrFNO4/c1-17-6-2-5(12)8(11)7(9(6)14)4(3-13)10(15)16/h2,4,14H,3,13H2,1H3,(H,15,16).